The Kier molecular flexibility index (Phi) is 4.02. The number of nitrogens with one attached hydrogen (secondary N) is 1. The predicted octanol–water partition coefficient (Wildman–Crippen LogP) is 2.14. The van der Waals surface area contributed by atoms with Crippen molar-refractivity contribution < 1.29 is 19.3 Å². The molecule has 0 fully saturated rings. The second kappa shape index (κ2) is 6.16. The van der Waals surface area contributed by atoms with Crippen LogP contribution in [0.1, 0.15) is 26.3 Å². The van der Waals surface area contributed by atoms with E-state index in [9.17, 15) is 24.5 Å². The molecule has 0 bridgehead atoms. The molecule has 0 aromatic heterocycles. The minimum atomic E-state index is -0.618. The smallest absolute Gasteiger partial charge is 0.274 e. The summed E-state index contributed by atoms with van der Waals surface area (Å²) in [6.45, 7) is 1.12. The standard InChI is InChI=1S/C17H13N3O5/c1-10-6-7-11(8-14(10)20(24)25)18-15(21)9-19-16(22)12-4-2-3-5-13(12)17(19)23/h2-8H,9H2,1H3,(H,18,21). The molecule has 3 rings (SSSR count). The van der Waals surface area contributed by atoms with E-state index in [0.29, 0.717) is 5.56 Å². The summed E-state index contributed by atoms with van der Waals surface area (Å²) in [5.74, 6) is -1.69. The van der Waals surface area contributed by atoms with Gasteiger partial charge in [-0.1, -0.05) is 18.2 Å². The van der Waals surface area contributed by atoms with Crippen molar-refractivity contribution in [3.63, 3.8) is 0 Å². The van der Waals surface area contributed by atoms with E-state index in [2.05, 4.69) is 5.32 Å². The summed E-state index contributed by atoms with van der Waals surface area (Å²) >= 11 is 0. The third-order valence-corrected chi connectivity index (χ3v) is 3.87. The highest BCUT2D eigenvalue weighted by atomic mass is 16.6. The van der Waals surface area contributed by atoms with Gasteiger partial charge in [0.05, 0.1) is 16.1 Å². The number of amides is 3. The van der Waals surface area contributed by atoms with Gasteiger partial charge in [-0.05, 0) is 25.1 Å². The molecule has 0 saturated carbocycles. The van der Waals surface area contributed by atoms with Gasteiger partial charge in [0.25, 0.3) is 17.5 Å². The first-order chi connectivity index (χ1) is 11.9. The lowest BCUT2D eigenvalue weighted by atomic mass is 10.1. The SMILES string of the molecule is Cc1ccc(NC(=O)CN2C(=O)c3ccccc3C2=O)cc1[N+](=O)[O-]. The van der Waals surface area contributed by atoms with Gasteiger partial charge in [0.1, 0.15) is 6.54 Å². The fourth-order valence-electron chi connectivity index (χ4n) is 2.61. The molecule has 0 aliphatic carbocycles. The number of nitrogens with zero attached hydrogens (tertiary/aromatic N) is 2. The van der Waals surface area contributed by atoms with Gasteiger partial charge < -0.3 is 5.32 Å². The van der Waals surface area contributed by atoms with Crippen LogP contribution in [0.5, 0.6) is 0 Å². The molecule has 0 radical (unpaired) electrons. The normalized spacial score (nSPS) is 12.9. The summed E-state index contributed by atoms with van der Waals surface area (Å²) in [5, 5.41) is 13.4. The van der Waals surface area contributed by atoms with Crippen molar-refractivity contribution in [2.24, 2.45) is 0 Å². The van der Waals surface area contributed by atoms with E-state index in [4.69, 9.17) is 0 Å². The van der Waals surface area contributed by atoms with Crippen LogP contribution in [0.2, 0.25) is 0 Å². The van der Waals surface area contributed by atoms with E-state index in [1.807, 2.05) is 0 Å². The molecular weight excluding hydrogens is 326 g/mol. The maximum absolute atomic E-state index is 12.2. The highest BCUT2D eigenvalue weighted by molar-refractivity contribution is 6.22. The molecule has 2 aromatic rings. The number of nitro groups is 1. The largest absolute Gasteiger partial charge is 0.324 e. The highest BCUT2D eigenvalue weighted by Gasteiger charge is 2.36. The van der Waals surface area contributed by atoms with Crippen LogP contribution in [0.3, 0.4) is 0 Å². The fraction of sp³-hybridized carbons (Fsp3) is 0.118. The van der Waals surface area contributed by atoms with Crippen LogP contribution in [-0.2, 0) is 4.79 Å². The Morgan fingerprint density at radius 1 is 1.12 bits per heavy atom. The van der Waals surface area contributed by atoms with Crippen molar-refractivity contribution in [3.05, 3.63) is 69.3 Å². The zero-order valence-corrected chi connectivity index (χ0v) is 13.2. The van der Waals surface area contributed by atoms with Crippen LogP contribution < -0.4 is 5.32 Å². The topological polar surface area (TPSA) is 110 Å². The van der Waals surface area contributed by atoms with Crippen molar-refractivity contribution in [1.82, 2.24) is 4.90 Å². The molecule has 1 aliphatic rings. The molecule has 8 heteroatoms. The Hall–Kier alpha value is -3.55. The second-order valence-corrected chi connectivity index (χ2v) is 5.55. The third-order valence-electron chi connectivity index (χ3n) is 3.87. The number of carbonyl (C=O) groups is 3. The average Bonchev–Trinajstić information content (AvgIpc) is 2.82. The Bertz CT molecular complexity index is 887. The van der Waals surface area contributed by atoms with E-state index >= 15 is 0 Å². The van der Waals surface area contributed by atoms with Crippen LogP contribution in [0.25, 0.3) is 0 Å². The predicted molar refractivity (Wildman–Crippen MR) is 88.3 cm³/mol. The maximum atomic E-state index is 12.2. The second-order valence-electron chi connectivity index (χ2n) is 5.55. The molecule has 25 heavy (non-hydrogen) atoms. The van der Waals surface area contributed by atoms with Gasteiger partial charge in [-0.3, -0.25) is 29.4 Å². The molecule has 1 N–H and O–H groups in total. The Balaban J connectivity index is 1.74. The van der Waals surface area contributed by atoms with E-state index < -0.39 is 29.2 Å². The van der Waals surface area contributed by atoms with Crippen molar-refractivity contribution in [3.8, 4) is 0 Å². The maximum Gasteiger partial charge on any atom is 0.274 e. The van der Waals surface area contributed by atoms with Gasteiger partial charge in [-0.25, -0.2) is 0 Å². The van der Waals surface area contributed by atoms with Crippen molar-refractivity contribution in [2.45, 2.75) is 6.92 Å². The van der Waals surface area contributed by atoms with Gasteiger partial charge in [-0.2, -0.15) is 0 Å². The van der Waals surface area contributed by atoms with Crippen LogP contribution in [0, 0.1) is 17.0 Å². The van der Waals surface area contributed by atoms with Gasteiger partial charge >= 0.3 is 0 Å². The van der Waals surface area contributed by atoms with Crippen molar-refractivity contribution >= 4 is 29.1 Å². The number of hydrogen-bond donors (Lipinski definition) is 1. The molecule has 0 unspecified atom stereocenters. The van der Waals surface area contributed by atoms with E-state index in [-0.39, 0.29) is 22.5 Å². The van der Waals surface area contributed by atoms with Crippen LogP contribution in [0.4, 0.5) is 11.4 Å². The number of nitro benzene ring substituents is 1. The lowest BCUT2D eigenvalue weighted by molar-refractivity contribution is -0.385. The quantitative estimate of drug-likeness (QED) is 0.521. The average molecular weight is 339 g/mol. The van der Waals surface area contributed by atoms with Gasteiger partial charge in [0.15, 0.2) is 0 Å². The Morgan fingerprint density at radius 3 is 2.28 bits per heavy atom. The number of hydrogen-bond acceptors (Lipinski definition) is 5. The van der Waals surface area contributed by atoms with Crippen LogP contribution >= 0.6 is 0 Å². The molecule has 8 nitrogen and oxygen atoms in total. The molecule has 1 heterocycles. The molecule has 2 aromatic carbocycles. The number of anilines is 1. The number of carbonyl (C=O) groups excluding carboxylic acids is 3. The molecule has 1 aliphatic heterocycles. The van der Waals surface area contributed by atoms with Crippen molar-refractivity contribution in [2.75, 3.05) is 11.9 Å². The van der Waals surface area contributed by atoms with E-state index in [1.54, 1.807) is 19.1 Å². The molecule has 0 spiro atoms. The highest BCUT2D eigenvalue weighted by Crippen LogP contribution is 2.24. The summed E-state index contributed by atoms with van der Waals surface area (Å²) < 4.78 is 0. The van der Waals surface area contributed by atoms with Crippen molar-refractivity contribution in [1.29, 1.82) is 0 Å². The molecule has 0 atom stereocenters. The lowest BCUT2D eigenvalue weighted by Crippen LogP contribution is -2.37. The zero-order chi connectivity index (χ0) is 18.1. The number of rotatable bonds is 4. The zero-order valence-electron chi connectivity index (χ0n) is 13.2. The number of imide groups is 1. The number of fused-ring (bicyclic) bond motifs is 1. The molecular formula is C17H13N3O5. The fourth-order valence-corrected chi connectivity index (χ4v) is 2.61. The first-order valence-electron chi connectivity index (χ1n) is 7.38. The minimum Gasteiger partial charge on any atom is -0.324 e. The first-order valence-corrected chi connectivity index (χ1v) is 7.38. The minimum absolute atomic E-state index is 0.126. The monoisotopic (exact) mass is 339 g/mol. The van der Waals surface area contributed by atoms with Crippen LogP contribution in [-0.4, -0.2) is 34.1 Å². The van der Waals surface area contributed by atoms with E-state index in [0.717, 1.165) is 4.90 Å². The van der Waals surface area contributed by atoms with E-state index in [1.165, 1.54) is 30.3 Å². The van der Waals surface area contributed by atoms with Gasteiger partial charge in [0, 0.05) is 17.3 Å². The molecule has 3 amide bonds. The Labute approximate surface area is 142 Å². The molecule has 0 saturated heterocycles. The summed E-state index contributed by atoms with van der Waals surface area (Å²) in [7, 11) is 0. The summed E-state index contributed by atoms with van der Waals surface area (Å²) in [6, 6.07) is 10.6. The lowest BCUT2D eigenvalue weighted by Gasteiger charge is -2.13. The third kappa shape index (κ3) is 2.97. The Morgan fingerprint density at radius 2 is 1.72 bits per heavy atom. The first kappa shape index (κ1) is 16.3. The summed E-state index contributed by atoms with van der Waals surface area (Å²) in [5.41, 5.74) is 1.07. The number of benzene rings is 2. The van der Waals surface area contributed by atoms with Gasteiger partial charge in [0.2, 0.25) is 5.91 Å². The van der Waals surface area contributed by atoms with Crippen LogP contribution in [0.15, 0.2) is 42.5 Å². The van der Waals surface area contributed by atoms with Gasteiger partial charge in [-0.15, -0.1) is 0 Å². The summed E-state index contributed by atoms with van der Waals surface area (Å²) in [4.78, 5) is 47.8. The number of aryl methyl sites for hydroxylation is 1. The summed E-state index contributed by atoms with van der Waals surface area (Å²) in [6.07, 6.45) is 0. The molecule has 126 valence electrons.